The first-order chi connectivity index (χ1) is 12.3. The molecular formula is C17H21F3N4O2. The molecule has 0 bridgehead atoms. The molecule has 0 radical (unpaired) electrons. The highest BCUT2D eigenvalue weighted by Gasteiger charge is 2.31. The third-order valence-electron chi connectivity index (χ3n) is 3.75. The molecule has 0 aliphatic rings. The second kappa shape index (κ2) is 8.79. The van der Waals surface area contributed by atoms with Crippen molar-refractivity contribution in [3.05, 3.63) is 35.7 Å². The second-order valence-electron chi connectivity index (χ2n) is 5.92. The van der Waals surface area contributed by atoms with Crippen LogP contribution in [-0.2, 0) is 11.0 Å². The van der Waals surface area contributed by atoms with Crippen molar-refractivity contribution < 1.29 is 22.5 Å². The minimum absolute atomic E-state index is 0.0372. The highest BCUT2D eigenvalue weighted by molar-refractivity contribution is 5.76. The molecule has 0 fully saturated rings. The summed E-state index contributed by atoms with van der Waals surface area (Å²) in [6, 6.07) is 4.13. The number of halogens is 3. The van der Waals surface area contributed by atoms with E-state index in [4.69, 9.17) is 10.3 Å². The maximum Gasteiger partial charge on any atom is 0.416 e. The molecule has 142 valence electrons. The normalized spacial score (nSPS) is 12.8. The van der Waals surface area contributed by atoms with E-state index in [2.05, 4.69) is 15.5 Å². The van der Waals surface area contributed by atoms with Crippen LogP contribution in [0.15, 0.2) is 28.8 Å². The number of aromatic nitrogens is 2. The Balaban J connectivity index is 2.00. The van der Waals surface area contributed by atoms with Gasteiger partial charge >= 0.3 is 6.18 Å². The monoisotopic (exact) mass is 370 g/mol. The van der Waals surface area contributed by atoms with Crippen LogP contribution in [0.4, 0.5) is 13.2 Å². The van der Waals surface area contributed by atoms with Crippen LogP contribution in [0.1, 0.15) is 50.1 Å². The Morgan fingerprint density at radius 3 is 2.77 bits per heavy atom. The molecule has 0 saturated carbocycles. The summed E-state index contributed by atoms with van der Waals surface area (Å²) in [7, 11) is 0. The fourth-order valence-corrected chi connectivity index (χ4v) is 2.35. The summed E-state index contributed by atoms with van der Waals surface area (Å²) in [5, 5.41) is 6.43. The van der Waals surface area contributed by atoms with Crippen molar-refractivity contribution in [1.29, 1.82) is 0 Å². The number of alkyl halides is 3. The standard InChI is InChI=1S/C17H21F3N4O2/c1-11(22-14(25)8-3-2-4-9-21)16-23-15(24-26-16)12-6-5-7-13(10-12)17(18,19)20/h5-7,10-11H,2-4,8-9,21H2,1H3,(H,22,25). The van der Waals surface area contributed by atoms with E-state index in [0.29, 0.717) is 13.0 Å². The number of nitrogens with zero attached hydrogens (tertiary/aromatic N) is 2. The van der Waals surface area contributed by atoms with Crippen molar-refractivity contribution in [2.24, 2.45) is 5.73 Å². The van der Waals surface area contributed by atoms with Crippen LogP contribution in [0.5, 0.6) is 0 Å². The summed E-state index contributed by atoms with van der Waals surface area (Å²) < 4.78 is 43.5. The predicted octanol–water partition coefficient (Wildman–Crippen LogP) is 3.45. The Hall–Kier alpha value is -2.42. The Labute approximate surface area is 149 Å². The lowest BCUT2D eigenvalue weighted by atomic mass is 10.1. The van der Waals surface area contributed by atoms with E-state index in [-0.39, 0.29) is 23.2 Å². The lowest BCUT2D eigenvalue weighted by Crippen LogP contribution is -2.26. The summed E-state index contributed by atoms with van der Waals surface area (Å²) in [6.45, 7) is 2.26. The van der Waals surface area contributed by atoms with Gasteiger partial charge in [-0.25, -0.2) is 0 Å². The fraction of sp³-hybridized carbons (Fsp3) is 0.471. The van der Waals surface area contributed by atoms with Gasteiger partial charge in [-0.15, -0.1) is 0 Å². The van der Waals surface area contributed by atoms with E-state index < -0.39 is 17.8 Å². The molecule has 0 spiro atoms. The van der Waals surface area contributed by atoms with E-state index in [1.165, 1.54) is 12.1 Å². The second-order valence-corrected chi connectivity index (χ2v) is 5.92. The first kappa shape index (κ1) is 19.9. The number of benzene rings is 1. The number of hydrogen-bond acceptors (Lipinski definition) is 5. The first-order valence-electron chi connectivity index (χ1n) is 8.32. The first-order valence-corrected chi connectivity index (χ1v) is 8.32. The van der Waals surface area contributed by atoms with Gasteiger partial charge in [0.15, 0.2) is 0 Å². The summed E-state index contributed by atoms with van der Waals surface area (Å²) >= 11 is 0. The van der Waals surface area contributed by atoms with Gasteiger partial charge in [0.1, 0.15) is 6.04 Å². The molecule has 1 aromatic carbocycles. The lowest BCUT2D eigenvalue weighted by Gasteiger charge is -2.09. The molecule has 0 aliphatic carbocycles. The highest BCUT2D eigenvalue weighted by atomic mass is 19.4. The number of carbonyl (C=O) groups excluding carboxylic acids is 1. The molecule has 26 heavy (non-hydrogen) atoms. The van der Waals surface area contributed by atoms with E-state index in [1.54, 1.807) is 6.92 Å². The van der Waals surface area contributed by atoms with Crippen LogP contribution in [0, 0.1) is 0 Å². The van der Waals surface area contributed by atoms with Gasteiger partial charge in [0.25, 0.3) is 0 Å². The minimum atomic E-state index is -4.45. The molecule has 9 heteroatoms. The summed E-state index contributed by atoms with van der Waals surface area (Å²) in [4.78, 5) is 16.0. The van der Waals surface area contributed by atoms with Gasteiger partial charge in [-0.2, -0.15) is 18.2 Å². The Morgan fingerprint density at radius 2 is 2.08 bits per heavy atom. The molecule has 0 saturated heterocycles. The van der Waals surface area contributed by atoms with Crippen molar-refractivity contribution in [2.45, 2.75) is 44.8 Å². The molecule has 2 rings (SSSR count). The van der Waals surface area contributed by atoms with Crippen LogP contribution in [0.2, 0.25) is 0 Å². The van der Waals surface area contributed by atoms with Crippen molar-refractivity contribution in [1.82, 2.24) is 15.5 Å². The molecule has 1 unspecified atom stereocenters. The lowest BCUT2D eigenvalue weighted by molar-refractivity contribution is -0.137. The molecule has 6 nitrogen and oxygen atoms in total. The fourth-order valence-electron chi connectivity index (χ4n) is 2.35. The molecule has 1 aromatic heterocycles. The largest absolute Gasteiger partial charge is 0.416 e. The number of hydrogen-bond donors (Lipinski definition) is 2. The third kappa shape index (κ3) is 5.55. The van der Waals surface area contributed by atoms with Crippen LogP contribution >= 0.6 is 0 Å². The van der Waals surface area contributed by atoms with Gasteiger partial charge in [-0.1, -0.05) is 23.7 Å². The van der Waals surface area contributed by atoms with Gasteiger partial charge in [-0.05, 0) is 38.4 Å². The van der Waals surface area contributed by atoms with Crippen molar-refractivity contribution in [3.63, 3.8) is 0 Å². The quantitative estimate of drug-likeness (QED) is 0.694. The average Bonchev–Trinajstić information content (AvgIpc) is 3.08. The zero-order valence-electron chi connectivity index (χ0n) is 14.3. The number of unbranched alkanes of at least 4 members (excludes halogenated alkanes) is 2. The zero-order valence-corrected chi connectivity index (χ0v) is 14.3. The van der Waals surface area contributed by atoms with Gasteiger partial charge in [0.05, 0.1) is 5.56 Å². The maximum atomic E-state index is 12.8. The number of carbonyl (C=O) groups is 1. The maximum absolute atomic E-state index is 12.8. The van der Waals surface area contributed by atoms with E-state index in [0.717, 1.165) is 31.4 Å². The SMILES string of the molecule is CC(NC(=O)CCCCCN)c1nc(-c2cccc(C(F)(F)F)c2)no1. The van der Waals surface area contributed by atoms with Crippen LogP contribution in [-0.4, -0.2) is 22.6 Å². The molecular weight excluding hydrogens is 349 g/mol. The molecule has 1 heterocycles. The third-order valence-corrected chi connectivity index (χ3v) is 3.75. The highest BCUT2D eigenvalue weighted by Crippen LogP contribution is 2.31. The van der Waals surface area contributed by atoms with Gasteiger partial charge in [0.2, 0.25) is 17.6 Å². The predicted molar refractivity (Wildman–Crippen MR) is 88.8 cm³/mol. The number of amides is 1. The smallest absolute Gasteiger partial charge is 0.345 e. The van der Waals surface area contributed by atoms with Crippen LogP contribution in [0.25, 0.3) is 11.4 Å². The minimum Gasteiger partial charge on any atom is -0.345 e. The number of rotatable bonds is 8. The van der Waals surface area contributed by atoms with Crippen molar-refractivity contribution in [2.75, 3.05) is 6.54 Å². The zero-order chi connectivity index (χ0) is 19.2. The average molecular weight is 370 g/mol. The van der Waals surface area contributed by atoms with Crippen LogP contribution < -0.4 is 11.1 Å². The molecule has 1 amide bonds. The molecule has 0 aliphatic heterocycles. The summed E-state index contributed by atoms with van der Waals surface area (Å²) in [6.07, 6.45) is -1.62. The Morgan fingerprint density at radius 1 is 1.31 bits per heavy atom. The van der Waals surface area contributed by atoms with Gasteiger partial charge in [-0.3, -0.25) is 4.79 Å². The summed E-state index contributed by atoms with van der Waals surface area (Å²) in [5.74, 6) is 0.0104. The topological polar surface area (TPSA) is 94.0 Å². The van der Waals surface area contributed by atoms with E-state index >= 15 is 0 Å². The number of nitrogens with one attached hydrogen (secondary N) is 1. The van der Waals surface area contributed by atoms with Crippen molar-refractivity contribution >= 4 is 5.91 Å². The molecule has 2 aromatic rings. The number of nitrogens with two attached hydrogens (primary N) is 1. The Kier molecular flexibility index (Phi) is 6.73. The van der Waals surface area contributed by atoms with Crippen LogP contribution in [0.3, 0.4) is 0 Å². The van der Waals surface area contributed by atoms with E-state index in [1.807, 2.05) is 0 Å². The molecule has 1 atom stereocenters. The molecule has 3 N–H and O–H groups in total. The van der Waals surface area contributed by atoms with Gasteiger partial charge in [0, 0.05) is 12.0 Å². The Bertz CT molecular complexity index is 731. The van der Waals surface area contributed by atoms with Gasteiger partial charge < -0.3 is 15.6 Å². The van der Waals surface area contributed by atoms with Crippen molar-refractivity contribution in [3.8, 4) is 11.4 Å². The van der Waals surface area contributed by atoms with E-state index in [9.17, 15) is 18.0 Å². The summed E-state index contributed by atoms with van der Waals surface area (Å²) in [5.41, 5.74) is 4.79.